The van der Waals surface area contributed by atoms with Gasteiger partial charge in [-0.15, -0.1) is 18.3 Å². The first-order valence-electron chi connectivity index (χ1n) is 14.1. The molecular weight excluding hydrogens is 624 g/mol. The Hall–Kier alpha value is -4.56. The Bertz CT molecular complexity index is 1750. The number of hydrogen-bond donors (Lipinski definition) is 1. The molecule has 1 saturated heterocycles. The lowest BCUT2D eigenvalue weighted by molar-refractivity contribution is -0.274. The number of para-hydroxylation sites is 1. The van der Waals surface area contributed by atoms with Gasteiger partial charge in [-0.05, 0) is 72.4 Å². The minimum absolute atomic E-state index is 0.0308. The van der Waals surface area contributed by atoms with Crippen LogP contribution < -0.4 is 15.1 Å². The molecule has 2 heterocycles. The number of nitrogens with one attached hydrogen (secondary N) is 1. The number of benzene rings is 3. The van der Waals surface area contributed by atoms with Crippen LogP contribution in [-0.4, -0.2) is 49.3 Å². The zero-order valence-electron chi connectivity index (χ0n) is 23.6. The molecule has 9 nitrogen and oxygen atoms in total. The molecule has 0 unspecified atom stereocenters. The number of alkyl halides is 3. The summed E-state index contributed by atoms with van der Waals surface area (Å²) in [6.45, 7) is 0. The quantitative estimate of drug-likeness (QED) is 0.125. The standard InChI is InChI=1S/C31H26F3N7O2S2/c32-31(33,34)43-25-15-13-24(14-16-25)40-19-35-28(39-40)23-11-8-21(9-12-23)17-36-38-29(44)37-30-41(27(42)18-45-30)26-4-2-1-3-22(26)10-7-20-5-6-20/h1-4,8-9,11-17,19-20H,5-7,10,18H2,(H,38,44)/b36-17+,37-30?. The summed E-state index contributed by atoms with van der Waals surface area (Å²) in [7, 11) is 0. The maximum atomic E-state index is 12.8. The fourth-order valence-corrected chi connectivity index (χ4v) is 5.76. The van der Waals surface area contributed by atoms with Crippen molar-refractivity contribution in [2.45, 2.75) is 32.0 Å². The van der Waals surface area contributed by atoms with Gasteiger partial charge in [0, 0.05) is 5.56 Å². The molecule has 230 valence electrons. The van der Waals surface area contributed by atoms with Crippen molar-refractivity contribution in [1.82, 2.24) is 20.2 Å². The first-order chi connectivity index (χ1) is 21.7. The van der Waals surface area contributed by atoms with Crippen molar-refractivity contribution in [3.63, 3.8) is 0 Å². The number of carbonyl (C=O) groups excluding carboxylic acids is 1. The third-order valence-corrected chi connectivity index (χ3v) is 8.19. The van der Waals surface area contributed by atoms with Crippen LogP contribution in [0, 0.1) is 5.92 Å². The SMILES string of the molecule is O=C1CSC(=NC(=S)N/N=C/c2ccc(-c3ncn(-c4ccc(OC(F)(F)F)cc4)n3)cc2)N1c1ccccc1CCC1CC1. The predicted octanol–water partition coefficient (Wildman–Crippen LogP) is 6.52. The van der Waals surface area contributed by atoms with Crippen molar-refractivity contribution in [3.8, 4) is 22.8 Å². The number of anilines is 1. The average molecular weight is 650 g/mol. The molecule has 0 spiro atoms. The zero-order chi connectivity index (χ0) is 31.4. The van der Waals surface area contributed by atoms with E-state index in [-0.39, 0.29) is 16.8 Å². The molecule has 3 aromatic carbocycles. The Morgan fingerprint density at radius 2 is 1.84 bits per heavy atom. The number of rotatable bonds is 9. The molecule has 0 bridgehead atoms. The Balaban J connectivity index is 1.06. The maximum Gasteiger partial charge on any atom is 0.573 e. The highest BCUT2D eigenvalue weighted by Gasteiger charge is 2.32. The number of amidine groups is 1. The lowest BCUT2D eigenvalue weighted by Crippen LogP contribution is -2.31. The van der Waals surface area contributed by atoms with Gasteiger partial charge in [-0.1, -0.05) is 67.1 Å². The van der Waals surface area contributed by atoms with Gasteiger partial charge in [0.1, 0.15) is 12.1 Å². The number of thiocarbonyl (C=S) groups is 1. The summed E-state index contributed by atoms with van der Waals surface area (Å²) in [5.74, 6) is 1.18. The Kier molecular flexibility index (Phi) is 8.94. The summed E-state index contributed by atoms with van der Waals surface area (Å²) < 4.78 is 42.6. The minimum Gasteiger partial charge on any atom is -0.406 e. The summed E-state index contributed by atoms with van der Waals surface area (Å²) in [5.41, 5.74) is 6.77. The lowest BCUT2D eigenvalue weighted by atomic mass is 10.0. The van der Waals surface area contributed by atoms with E-state index in [1.165, 1.54) is 59.9 Å². The van der Waals surface area contributed by atoms with Crippen LogP contribution in [0.4, 0.5) is 18.9 Å². The van der Waals surface area contributed by atoms with E-state index in [2.05, 4.69) is 36.4 Å². The van der Waals surface area contributed by atoms with Crippen molar-refractivity contribution < 1.29 is 22.7 Å². The number of thioether (sulfide) groups is 1. The van der Waals surface area contributed by atoms with E-state index >= 15 is 0 Å². The number of aromatic nitrogens is 3. The van der Waals surface area contributed by atoms with E-state index in [1.54, 1.807) is 11.1 Å². The molecule has 45 heavy (non-hydrogen) atoms. The molecule has 1 aliphatic carbocycles. The van der Waals surface area contributed by atoms with Crippen molar-refractivity contribution in [3.05, 3.63) is 90.3 Å². The maximum absolute atomic E-state index is 12.8. The molecule has 1 aliphatic heterocycles. The van der Waals surface area contributed by atoms with Crippen LogP contribution in [0.1, 0.15) is 30.4 Å². The largest absolute Gasteiger partial charge is 0.573 e. The van der Waals surface area contributed by atoms with E-state index in [9.17, 15) is 18.0 Å². The molecule has 6 rings (SSSR count). The van der Waals surface area contributed by atoms with Gasteiger partial charge in [-0.2, -0.15) is 10.1 Å². The van der Waals surface area contributed by atoms with Gasteiger partial charge in [-0.3, -0.25) is 15.1 Å². The average Bonchev–Trinajstić information content (AvgIpc) is 3.60. The molecule has 2 aliphatic rings. The molecule has 1 saturated carbocycles. The molecule has 1 amide bonds. The second-order valence-electron chi connectivity index (χ2n) is 10.4. The van der Waals surface area contributed by atoms with E-state index in [4.69, 9.17) is 12.2 Å². The normalized spacial score (nSPS) is 16.1. The number of hydrazone groups is 1. The fraction of sp³-hybridized carbons (Fsp3) is 0.226. The number of carbonyl (C=O) groups is 1. The van der Waals surface area contributed by atoms with E-state index < -0.39 is 6.36 Å². The number of amides is 1. The predicted molar refractivity (Wildman–Crippen MR) is 172 cm³/mol. The molecule has 1 aromatic heterocycles. The Labute approximate surface area is 266 Å². The van der Waals surface area contributed by atoms with E-state index in [1.807, 2.05) is 42.5 Å². The summed E-state index contributed by atoms with van der Waals surface area (Å²) >= 11 is 6.74. The topological polar surface area (TPSA) is 97.0 Å². The minimum atomic E-state index is -4.76. The second-order valence-corrected chi connectivity index (χ2v) is 11.7. The fourth-order valence-electron chi connectivity index (χ4n) is 4.70. The zero-order valence-corrected chi connectivity index (χ0v) is 25.3. The van der Waals surface area contributed by atoms with Gasteiger partial charge in [0.25, 0.3) is 0 Å². The number of aliphatic imine (C=N–C) groups is 1. The van der Waals surface area contributed by atoms with Gasteiger partial charge in [0.15, 0.2) is 11.0 Å². The van der Waals surface area contributed by atoms with Crippen LogP contribution in [0.3, 0.4) is 0 Å². The first kappa shape index (κ1) is 30.5. The van der Waals surface area contributed by atoms with Gasteiger partial charge in [0.05, 0.1) is 23.3 Å². The lowest BCUT2D eigenvalue weighted by Gasteiger charge is -2.20. The smallest absolute Gasteiger partial charge is 0.406 e. The van der Waals surface area contributed by atoms with Crippen molar-refractivity contribution in [2.24, 2.45) is 16.0 Å². The van der Waals surface area contributed by atoms with Crippen LogP contribution >= 0.6 is 24.0 Å². The second kappa shape index (κ2) is 13.2. The summed E-state index contributed by atoms with van der Waals surface area (Å²) in [4.78, 5) is 23.2. The monoisotopic (exact) mass is 649 g/mol. The number of nitrogens with zero attached hydrogens (tertiary/aromatic N) is 6. The van der Waals surface area contributed by atoms with Crippen LogP contribution in [0.25, 0.3) is 17.1 Å². The summed E-state index contributed by atoms with van der Waals surface area (Å²) in [6.07, 6.45) is 2.92. The van der Waals surface area contributed by atoms with Crippen LogP contribution in [0.15, 0.2) is 89.2 Å². The highest BCUT2D eigenvalue weighted by atomic mass is 32.2. The third-order valence-electron chi connectivity index (χ3n) is 7.08. The number of hydrogen-bond acceptors (Lipinski definition) is 7. The van der Waals surface area contributed by atoms with Crippen LogP contribution in [-0.2, 0) is 11.2 Å². The number of aryl methyl sites for hydroxylation is 1. The first-order valence-corrected chi connectivity index (χ1v) is 15.4. The van der Waals surface area contributed by atoms with Gasteiger partial charge >= 0.3 is 6.36 Å². The molecule has 1 N–H and O–H groups in total. The van der Waals surface area contributed by atoms with Gasteiger partial charge in [0.2, 0.25) is 11.0 Å². The Morgan fingerprint density at radius 1 is 1.09 bits per heavy atom. The molecule has 4 aromatic rings. The highest BCUT2D eigenvalue weighted by Crippen LogP contribution is 2.36. The van der Waals surface area contributed by atoms with Crippen LogP contribution in [0.5, 0.6) is 5.75 Å². The molecule has 14 heteroatoms. The number of halogens is 3. The van der Waals surface area contributed by atoms with E-state index in [0.29, 0.717) is 22.4 Å². The molecule has 0 radical (unpaired) electrons. The molecule has 0 atom stereocenters. The van der Waals surface area contributed by atoms with Gasteiger partial charge in [-0.25, -0.2) is 9.67 Å². The number of ether oxygens (including phenoxy) is 1. The van der Waals surface area contributed by atoms with Crippen molar-refractivity contribution in [2.75, 3.05) is 10.7 Å². The van der Waals surface area contributed by atoms with Crippen molar-refractivity contribution >= 4 is 52.1 Å². The summed E-state index contributed by atoms with van der Waals surface area (Å²) in [5, 5.41) is 9.26. The Morgan fingerprint density at radius 3 is 2.58 bits per heavy atom. The molecular formula is C31H26F3N7O2S2. The van der Waals surface area contributed by atoms with E-state index in [0.717, 1.165) is 41.1 Å². The highest BCUT2D eigenvalue weighted by molar-refractivity contribution is 8.15. The summed E-state index contributed by atoms with van der Waals surface area (Å²) in [6, 6.07) is 20.6. The van der Waals surface area contributed by atoms with Crippen LogP contribution in [0.2, 0.25) is 0 Å². The third kappa shape index (κ3) is 7.94. The van der Waals surface area contributed by atoms with Crippen molar-refractivity contribution in [1.29, 1.82) is 0 Å². The van der Waals surface area contributed by atoms with Gasteiger partial charge < -0.3 is 4.74 Å². The molecule has 2 fully saturated rings.